The maximum atomic E-state index is 12.3. The zero-order valence-corrected chi connectivity index (χ0v) is 11.8. The third-order valence-electron chi connectivity index (χ3n) is 3.59. The van der Waals surface area contributed by atoms with Gasteiger partial charge < -0.3 is 15.7 Å². The lowest BCUT2D eigenvalue weighted by Gasteiger charge is -2.31. The van der Waals surface area contributed by atoms with Gasteiger partial charge in [0.05, 0.1) is 5.02 Å². The van der Waals surface area contributed by atoms with Crippen molar-refractivity contribution in [3.8, 4) is 5.75 Å². The van der Waals surface area contributed by atoms with Crippen molar-refractivity contribution in [2.45, 2.75) is 19.3 Å². The summed E-state index contributed by atoms with van der Waals surface area (Å²) in [6, 6.07) is 4.43. The number of primary amides is 1. The Morgan fingerprint density at radius 2 is 2.00 bits per heavy atom. The molecular formula is C14H17ClN2O3. The Morgan fingerprint density at radius 3 is 2.55 bits per heavy atom. The van der Waals surface area contributed by atoms with Gasteiger partial charge in [-0.2, -0.15) is 0 Å². The SMILES string of the molecule is NC(=O)CC1CCN(C(=O)c2ccc(O)c(Cl)c2)CC1. The predicted octanol–water partition coefficient (Wildman–Crippen LogP) is 1.77. The Bertz CT molecular complexity index is 525. The molecule has 20 heavy (non-hydrogen) atoms. The van der Waals surface area contributed by atoms with Crippen LogP contribution in [0.5, 0.6) is 5.75 Å². The lowest BCUT2D eigenvalue weighted by Crippen LogP contribution is -2.39. The molecule has 0 unspecified atom stereocenters. The maximum absolute atomic E-state index is 12.3. The number of halogens is 1. The minimum atomic E-state index is -0.292. The molecule has 1 saturated heterocycles. The summed E-state index contributed by atoms with van der Waals surface area (Å²) in [5, 5.41) is 9.52. The van der Waals surface area contributed by atoms with Gasteiger partial charge in [-0.3, -0.25) is 9.59 Å². The van der Waals surface area contributed by atoms with Gasteiger partial charge in [0.25, 0.3) is 5.91 Å². The summed E-state index contributed by atoms with van der Waals surface area (Å²) >= 11 is 5.81. The van der Waals surface area contributed by atoms with E-state index in [9.17, 15) is 14.7 Å². The van der Waals surface area contributed by atoms with Crippen LogP contribution in [0.3, 0.4) is 0 Å². The number of hydrogen-bond donors (Lipinski definition) is 2. The van der Waals surface area contributed by atoms with Gasteiger partial charge in [0, 0.05) is 25.1 Å². The largest absolute Gasteiger partial charge is 0.506 e. The van der Waals surface area contributed by atoms with E-state index in [0.29, 0.717) is 25.1 Å². The van der Waals surface area contributed by atoms with Crippen LogP contribution in [0.4, 0.5) is 0 Å². The smallest absolute Gasteiger partial charge is 0.253 e. The number of benzene rings is 1. The first-order valence-electron chi connectivity index (χ1n) is 6.53. The Hall–Kier alpha value is -1.75. The third-order valence-corrected chi connectivity index (χ3v) is 3.89. The monoisotopic (exact) mass is 296 g/mol. The highest BCUT2D eigenvalue weighted by atomic mass is 35.5. The van der Waals surface area contributed by atoms with Crippen LogP contribution in [-0.2, 0) is 4.79 Å². The molecule has 1 aromatic rings. The molecule has 0 spiro atoms. The van der Waals surface area contributed by atoms with E-state index < -0.39 is 0 Å². The number of piperidine rings is 1. The molecule has 108 valence electrons. The molecule has 1 aliphatic heterocycles. The van der Waals surface area contributed by atoms with E-state index in [1.807, 2.05) is 0 Å². The van der Waals surface area contributed by atoms with Crippen molar-refractivity contribution in [3.05, 3.63) is 28.8 Å². The van der Waals surface area contributed by atoms with Crippen molar-refractivity contribution in [1.82, 2.24) is 4.90 Å². The van der Waals surface area contributed by atoms with Crippen LogP contribution in [0.2, 0.25) is 5.02 Å². The van der Waals surface area contributed by atoms with E-state index >= 15 is 0 Å². The summed E-state index contributed by atoms with van der Waals surface area (Å²) in [5.74, 6) is -0.173. The number of phenols is 1. The molecule has 0 atom stereocenters. The topological polar surface area (TPSA) is 83.6 Å². The van der Waals surface area contributed by atoms with Gasteiger partial charge in [0.1, 0.15) is 5.75 Å². The van der Waals surface area contributed by atoms with Crippen molar-refractivity contribution < 1.29 is 14.7 Å². The molecule has 1 aromatic carbocycles. The Labute approximate surface area is 122 Å². The molecule has 5 nitrogen and oxygen atoms in total. The summed E-state index contributed by atoms with van der Waals surface area (Å²) in [7, 11) is 0. The van der Waals surface area contributed by atoms with Gasteiger partial charge in [-0.15, -0.1) is 0 Å². The molecular weight excluding hydrogens is 280 g/mol. The van der Waals surface area contributed by atoms with Crippen molar-refractivity contribution in [3.63, 3.8) is 0 Å². The van der Waals surface area contributed by atoms with Crippen LogP contribution in [-0.4, -0.2) is 34.9 Å². The summed E-state index contributed by atoms with van der Waals surface area (Å²) in [6.45, 7) is 1.21. The first-order valence-corrected chi connectivity index (χ1v) is 6.91. The number of nitrogens with two attached hydrogens (primary N) is 1. The second-order valence-corrected chi connectivity index (χ2v) is 5.48. The van der Waals surface area contributed by atoms with Crippen LogP contribution in [0.1, 0.15) is 29.6 Å². The highest BCUT2D eigenvalue weighted by molar-refractivity contribution is 6.32. The van der Waals surface area contributed by atoms with E-state index in [1.165, 1.54) is 12.1 Å². The van der Waals surface area contributed by atoms with Crippen LogP contribution >= 0.6 is 11.6 Å². The number of hydrogen-bond acceptors (Lipinski definition) is 3. The van der Waals surface area contributed by atoms with Crippen molar-refractivity contribution in [1.29, 1.82) is 0 Å². The van der Waals surface area contributed by atoms with Crippen LogP contribution in [0.25, 0.3) is 0 Å². The molecule has 2 rings (SSSR count). The second-order valence-electron chi connectivity index (χ2n) is 5.07. The molecule has 0 aliphatic carbocycles. The lowest BCUT2D eigenvalue weighted by atomic mass is 9.93. The van der Waals surface area contributed by atoms with Crippen molar-refractivity contribution in [2.24, 2.45) is 11.7 Å². The van der Waals surface area contributed by atoms with Crippen molar-refractivity contribution >= 4 is 23.4 Å². The number of carbonyl (C=O) groups is 2. The number of amides is 2. The quantitative estimate of drug-likeness (QED) is 0.891. The number of rotatable bonds is 3. The zero-order chi connectivity index (χ0) is 14.7. The highest BCUT2D eigenvalue weighted by Crippen LogP contribution is 2.26. The van der Waals surface area contributed by atoms with E-state index in [-0.39, 0.29) is 28.5 Å². The Balaban J connectivity index is 1.97. The van der Waals surface area contributed by atoms with Crippen LogP contribution in [0.15, 0.2) is 18.2 Å². The zero-order valence-electron chi connectivity index (χ0n) is 11.0. The lowest BCUT2D eigenvalue weighted by molar-refractivity contribution is -0.119. The third kappa shape index (κ3) is 3.42. The molecule has 3 N–H and O–H groups in total. The standard InChI is InChI=1S/C14H17ClN2O3/c15-11-8-10(1-2-12(11)18)14(20)17-5-3-9(4-6-17)7-13(16)19/h1-2,8-9,18H,3-7H2,(H2,16,19). The molecule has 0 aromatic heterocycles. The van der Waals surface area contributed by atoms with E-state index in [1.54, 1.807) is 11.0 Å². The van der Waals surface area contributed by atoms with E-state index in [0.717, 1.165) is 12.8 Å². The molecule has 1 fully saturated rings. The van der Waals surface area contributed by atoms with E-state index in [2.05, 4.69) is 0 Å². The summed E-state index contributed by atoms with van der Waals surface area (Å²) < 4.78 is 0. The normalized spacial score (nSPS) is 16.1. The fourth-order valence-electron chi connectivity index (χ4n) is 2.45. The minimum absolute atomic E-state index is 0.0385. The first kappa shape index (κ1) is 14.7. The van der Waals surface area contributed by atoms with Gasteiger partial charge in [-0.1, -0.05) is 11.6 Å². The van der Waals surface area contributed by atoms with Gasteiger partial charge >= 0.3 is 0 Å². The fourth-order valence-corrected chi connectivity index (χ4v) is 2.63. The molecule has 1 aliphatic rings. The fraction of sp³-hybridized carbons (Fsp3) is 0.429. The van der Waals surface area contributed by atoms with Gasteiger partial charge in [0.15, 0.2) is 0 Å². The molecule has 1 heterocycles. The van der Waals surface area contributed by atoms with Crippen LogP contribution in [0, 0.1) is 5.92 Å². The number of phenolic OH excluding ortho intramolecular Hbond substituents is 1. The number of nitrogens with zero attached hydrogens (tertiary/aromatic N) is 1. The van der Waals surface area contributed by atoms with E-state index in [4.69, 9.17) is 17.3 Å². The summed E-state index contributed by atoms with van der Waals surface area (Å²) in [5.41, 5.74) is 5.64. The minimum Gasteiger partial charge on any atom is -0.506 e. The molecule has 0 bridgehead atoms. The first-order chi connectivity index (χ1) is 9.47. The number of aromatic hydroxyl groups is 1. The second kappa shape index (κ2) is 6.13. The number of likely N-dealkylation sites (tertiary alicyclic amines) is 1. The molecule has 6 heteroatoms. The predicted molar refractivity (Wildman–Crippen MR) is 75.6 cm³/mol. The Kier molecular flexibility index (Phi) is 4.49. The average molecular weight is 297 g/mol. The number of carbonyl (C=O) groups excluding carboxylic acids is 2. The molecule has 2 amide bonds. The maximum Gasteiger partial charge on any atom is 0.253 e. The van der Waals surface area contributed by atoms with Gasteiger partial charge in [-0.25, -0.2) is 0 Å². The average Bonchev–Trinajstić information content (AvgIpc) is 2.41. The summed E-state index contributed by atoms with van der Waals surface area (Å²) in [4.78, 5) is 24.9. The molecule has 0 saturated carbocycles. The Morgan fingerprint density at radius 1 is 1.35 bits per heavy atom. The summed E-state index contributed by atoms with van der Waals surface area (Å²) in [6.07, 6.45) is 1.94. The molecule has 0 radical (unpaired) electrons. The highest BCUT2D eigenvalue weighted by Gasteiger charge is 2.24. The van der Waals surface area contributed by atoms with Gasteiger partial charge in [0.2, 0.25) is 5.91 Å². The van der Waals surface area contributed by atoms with Crippen LogP contribution < -0.4 is 5.73 Å². The van der Waals surface area contributed by atoms with Crippen molar-refractivity contribution in [2.75, 3.05) is 13.1 Å². The van der Waals surface area contributed by atoms with Gasteiger partial charge in [-0.05, 0) is 37.0 Å².